The van der Waals surface area contributed by atoms with E-state index in [4.69, 9.17) is 0 Å². The van der Waals surface area contributed by atoms with Gasteiger partial charge in [0.2, 0.25) is 0 Å². The summed E-state index contributed by atoms with van der Waals surface area (Å²) in [5, 5.41) is 8.18. The second kappa shape index (κ2) is 9.17. The van der Waals surface area contributed by atoms with Crippen LogP contribution in [0.15, 0.2) is 53.4 Å². The Labute approximate surface area is 176 Å². The number of nitrogens with one attached hydrogen (secondary N) is 3. The summed E-state index contributed by atoms with van der Waals surface area (Å²) in [5.74, 6) is 0. The maximum atomic E-state index is 13.0. The monoisotopic (exact) mass is 430 g/mol. The predicted octanol–water partition coefficient (Wildman–Crippen LogP) is 3.37. The van der Waals surface area contributed by atoms with E-state index in [1.165, 1.54) is 18.2 Å². The summed E-state index contributed by atoms with van der Waals surface area (Å²) in [6.07, 6.45) is 1.85. The Hall–Kier alpha value is -3.07. The molecule has 0 saturated carbocycles. The minimum absolute atomic E-state index is 0.000743. The molecule has 160 valence electrons. The van der Waals surface area contributed by atoms with E-state index in [1.807, 2.05) is 37.3 Å². The van der Waals surface area contributed by atoms with Gasteiger partial charge in [0.25, 0.3) is 10.0 Å². The van der Waals surface area contributed by atoms with E-state index >= 15 is 0 Å². The first-order valence-corrected chi connectivity index (χ1v) is 11.3. The van der Waals surface area contributed by atoms with E-state index in [-0.39, 0.29) is 17.5 Å². The lowest BCUT2D eigenvalue weighted by molar-refractivity contribution is 0.235. The first-order valence-electron chi connectivity index (χ1n) is 9.86. The van der Waals surface area contributed by atoms with Crippen molar-refractivity contribution in [1.82, 2.24) is 14.9 Å². The molecule has 1 heterocycles. The van der Waals surface area contributed by atoms with Gasteiger partial charge in [-0.3, -0.25) is 0 Å². The summed E-state index contributed by atoms with van der Waals surface area (Å²) >= 11 is 0. The van der Waals surface area contributed by atoms with E-state index < -0.39 is 22.1 Å². The number of unbranched alkanes of at least 4 members (excludes halogenated alkanes) is 1. The molecule has 9 heteroatoms. The Morgan fingerprint density at radius 1 is 1.20 bits per heavy atom. The molecule has 3 rings (SSSR count). The highest BCUT2D eigenvalue weighted by molar-refractivity contribution is 7.89. The van der Waals surface area contributed by atoms with Gasteiger partial charge in [-0.25, -0.2) is 22.3 Å². The maximum absolute atomic E-state index is 13.0. The van der Waals surface area contributed by atoms with E-state index in [0.29, 0.717) is 17.8 Å². The topological polar surface area (TPSA) is 108 Å². The number of urea groups is 2. The van der Waals surface area contributed by atoms with Crippen molar-refractivity contribution in [3.63, 3.8) is 0 Å². The largest absolute Gasteiger partial charge is 0.338 e. The van der Waals surface area contributed by atoms with Crippen LogP contribution in [0.1, 0.15) is 36.9 Å². The van der Waals surface area contributed by atoms with Crippen molar-refractivity contribution in [2.45, 2.75) is 37.6 Å². The van der Waals surface area contributed by atoms with Crippen molar-refractivity contribution in [1.29, 1.82) is 0 Å². The number of rotatable bonds is 7. The molecule has 1 aliphatic heterocycles. The van der Waals surface area contributed by atoms with Gasteiger partial charge in [-0.15, -0.1) is 0 Å². The summed E-state index contributed by atoms with van der Waals surface area (Å²) in [5.41, 5.74) is 1.94. The quantitative estimate of drug-likeness (QED) is 0.585. The van der Waals surface area contributed by atoms with E-state index in [2.05, 4.69) is 16.0 Å². The third kappa shape index (κ3) is 4.73. The molecule has 1 aliphatic rings. The van der Waals surface area contributed by atoms with E-state index in [0.717, 1.165) is 22.7 Å². The fourth-order valence-electron chi connectivity index (χ4n) is 3.21. The number of amides is 4. The Kier molecular flexibility index (Phi) is 6.61. The average molecular weight is 431 g/mol. The molecule has 4 amide bonds. The number of hydrogen-bond acceptors (Lipinski definition) is 4. The number of benzene rings is 2. The predicted molar refractivity (Wildman–Crippen MR) is 115 cm³/mol. The first kappa shape index (κ1) is 21.6. The standard InChI is InChI=1S/C21H26N4O4S/c1-3-4-12-22-20(26)23-18-11-10-17(13-15(18)2)30(28,29)25-14-19(24-21(25)27)16-8-6-5-7-9-16/h5-11,13,19H,3-4,12,14H2,1-2H3,(H,24,27)(H2,22,23,26)/t19-/m1/s1. The van der Waals surface area contributed by atoms with Gasteiger partial charge in [-0.2, -0.15) is 0 Å². The lowest BCUT2D eigenvalue weighted by atomic mass is 10.1. The molecule has 0 aromatic heterocycles. The minimum atomic E-state index is -4.02. The number of sulfonamides is 1. The number of carbonyl (C=O) groups excluding carboxylic acids is 2. The van der Waals surface area contributed by atoms with Crippen molar-refractivity contribution in [2.24, 2.45) is 0 Å². The number of carbonyl (C=O) groups is 2. The molecular weight excluding hydrogens is 404 g/mol. The number of aryl methyl sites for hydroxylation is 1. The van der Waals surface area contributed by atoms with Gasteiger partial charge < -0.3 is 16.0 Å². The smallest absolute Gasteiger partial charge is 0.331 e. The van der Waals surface area contributed by atoms with Gasteiger partial charge in [0.1, 0.15) is 0 Å². The van der Waals surface area contributed by atoms with Crippen LogP contribution in [0.25, 0.3) is 0 Å². The molecule has 2 aromatic carbocycles. The second-order valence-corrected chi connectivity index (χ2v) is 9.02. The molecule has 2 aromatic rings. The van der Waals surface area contributed by atoms with Crippen LogP contribution in [0.4, 0.5) is 15.3 Å². The summed E-state index contributed by atoms with van der Waals surface area (Å²) in [6.45, 7) is 4.33. The van der Waals surface area contributed by atoms with Gasteiger partial charge in [-0.05, 0) is 42.7 Å². The highest BCUT2D eigenvalue weighted by atomic mass is 32.2. The SMILES string of the molecule is CCCCNC(=O)Nc1ccc(S(=O)(=O)N2C[C@H](c3ccccc3)NC2=O)cc1C. The minimum Gasteiger partial charge on any atom is -0.338 e. The van der Waals surface area contributed by atoms with Crippen molar-refractivity contribution in [3.8, 4) is 0 Å². The molecule has 0 unspecified atom stereocenters. The molecule has 0 bridgehead atoms. The highest BCUT2D eigenvalue weighted by Crippen LogP contribution is 2.28. The maximum Gasteiger partial charge on any atom is 0.331 e. The second-order valence-electron chi connectivity index (χ2n) is 7.16. The van der Waals surface area contributed by atoms with E-state index in [9.17, 15) is 18.0 Å². The first-order chi connectivity index (χ1) is 14.3. The lowest BCUT2D eigenvalue weighted by Crippen LogP contribution is -2.34. The van der Waals surface area contributed by atoms with E-state index in [1.54, 1.807) is 6.92 Å². The zero-order valence-corrected chi connectivity index (χ0v) is 17.8. The molecule has 0 spiro atoms. The molecule has 8 nitrogen and oxygen atoms in total. The fraction of sp³-hybridized carbons (Fsp3) is 0.333. The van der Waals surface area contributed by atoms with Crippen molar-refractivity contribution >= 4 is 27.8 Å². The molecule has 30 heavy (non-hydrogen) atoms. The summed E-state index contributed by atoms with van der Waals surface area (Å²) in [6, 6.07) is 12.2. The molecule has 0 aliphatic carbocycles. The van der Waals surface area contributed by atoms with Crippen LogP contribution >= 0.6 is 0 Å². The summed E-state index contributed by atoms with van der Waals surface area (Å²) in [7, 11) is -4.02. The van der Waals surface area contributed by atoms with Gasteiger partial charge in [0.05, 0.1) is 17.5 Å². The Balaban J connectivity index is 1.74. The fourth-order valence-corrected chi connectivity index (χ4v) is 4.64. The van der Waals surface area contributed by atoms with Crippen molar-refractivity contribution in [2.75, 3.05) is 18.4 Å². The number of nitrogens with zero attached hydrogens (tertiary/aromatic N) is 1. The van der Waals surface area contributed by atoms with Crippen LogP contribution in [0.3, 0.4) is 0 Å². The molecule has 0 radical (unpaired) electrons. The van der Waals surface area contributed by atoms with Gasteiger partial charge >= 0.3 is 12.1 Å². The van der Waals surface area contributed by atoms with Crippen molar-refractivity contribution < 1.29 is 18.0 Å². The van der Waals surface area contributed by atoms with Gasteiger partial charge in [0, 0.05) is 12.2 Å². The van der Waals surface area contributed by atoms with Crippen LogP contribution in [0, 0.1) is 6.92 Å². The normalized spacial score (nSPS) is 16.3. The molecule has 1 atom stereocenters. The van der Waals surface area contributed by atoms with Crippen LogP contribution in [0.5, 0.6) is 0 Å². The summed E-state index contributed by atoms with van der Waals surface area (Å²) < 4.78 is 26.9. The molecule has 3 N–H and O–H groups in total. The molecule has 1 fully saturated rings. The van der Waals surface area contributed by atoms with Crippen LogP contribution in [0.2, 0.25) is 0 Å². The van der Waals surface area contributed by atoms with Crippen molar-refractivity contribution in [3.05, 3.63) is 59.7 Å². The summed E-state index contributed by atoms with van der Waals surface area (Å²) in [4.78, 5) is 24.3. The molecule has 1 saturated heterocycles. The Morgan fingerprint density at radius 3 is 2.60 bits per heavy atom. The van der Waals surface area contributed by atoms with Gasteiger partial charge in [0.15, 0.2) is 0 Å². The number of hydrogen-bond donors (Lipinski definition) is 3. The van der Waals surface area contributed by atoms with Crippen LogP contribution in [-0.2, 0) is 10.0 Å². The third-order valence-electron chi connectivity index (χ3n) is 4.92. The Bertz CT molecular complexity index is 1020. The highest BCUT2D eigenvalue weighted by Gasteiger charge is 2.38. The molecular formula is C21H26N4O4S. The number of anilines is 1. The lowest BCUT2D eigenvalue weighted by Gasteiger charge is -2.17. The van der Waals surface area contributed by atoms with Crippen LogP contribution in [-0.4, -0.2) is 37.9 Å². The average Bonchev–Trinajstić information content (AvgIpc) is 3.13. The van der Waals surface area contributed by atoms with Crippen LogP contribution < -0.4 is 16.0 Å². The van der Waals surface area contributed by atoms with Gasteiger partial charge in [-0.1, -0.05) is 43.7 Å². The zero-order chi connectivity index (χ0) is 21.7. The zero-order valence-electron chi connectivity index (χ0n) is 17.0. The Morgan fingerprint density at radius 2 is 1.93 bits per heavy atom. The third-order valence-corrected chi connectivity index (χ3v) is 6.67.